The fourth-order valence-electron chi connectivity index (χ4n) is 2.12. The molecule has 1 aromatic heterocycles. The first-order valence-electron chi connectivity index (χ1n) is 5.62. The summed E-state index contributed by atoms with van der Waals surface area (Å²) in [5.41, 5.74) is 5.67. The number of nitrogens with two attached hydrogens (primary N) is 1. The van der Waals surface area contributed by atoms with E-state index in [9.17, 15) is 0 Å². The minimum absolute atomic E-state index is 0.669. The van der Waals surface area contributed by atoms with Crippen molar-refractivity contribution >= 4 is 0 Å². The van der Waals surface area contributed by atoms with E-state index in [0.29, 0.717) is 5.92 Å². The van der Waals surface area contributed by atoms with Crippen molar-refractivity contribution in [2.45, 2.75) is 26.4 Å². The summed E-state index contributed by atoms with van der Waals surface area (Å²) in [6.07, 6.45) is 2.85. The van der Waals surface area contributed by atoms with E-state index in [1.165, 1.54) is 6.42 Å². The average molecular weight is 209 g/mol. The Labute approximate surface area is 90.3 Å². The number of likely N-dealkylation sites (tertiary alicyclic amines) is 1. The second-order valence-electron chi connectivity index (χ2n) is 4.12. The Morgan fingerprint density at radius 2 is 2.47 bits per heavy atom. The van der Waals surface area contributed by atoms with Crippen LogP contribution in [-0.4, -0.2) is 39.3 Å². The van der Waals surface area contributed by atoms with E-state index in [1.54, 1.807) is 6.33 Å². The molecule has 2 N–H and O–H groups in total. The van der Waals surface area contributed by atoms with Gasteiger partial charge in [-0.3, -0.25) is 4.90 Å². The molecular formula is C10H19N5. The third-order valence-electron chi connectivity index (χ3n) is 3.06. The van der Waals surface area contributed by atoms with Crippen LogP contribution >= 0.6 is 0 Å². The van der Waals surface area contributed by atoms with E-state index in [4.69, 9.17) is 5.73 Å². The summed E-state index contributed by atoms with van der Waals surface area (Å²) in [6, 6.07) is 0. The molecule has 1 saturated heterocycles. The predicted octanol–water partition coefficient (Wildman–Crippen LogP) is 0.0786. The highest BCUT2D eigenvalue weighted by atomic mass is 15.3. The molecule has 2 rings (SSSR count). The van der Waals surface area contributed by atoms with Crippen LogP contribution in [0.1, 0.15) is 19.2 Å². The SMILES string of the molecule is CCn1ncnc1CN1CC[C@H](CN)C1. The second kappa shape index (κ2) is 4.72. The standard InChI is InChI=1S/C10H19N5/c1-2-15-10(12-8-13-15)7-14-4-3-9(5-11)6-14/h8-9H,2-7,11H2,1H3/t9-/m1/s1. The summed E-state index contributed by atoms with van der Waals surface area (Å²) in [6.45, 7) is 6.93. The van der Waals surface area contributed by atoms with Gasteiger partial charge in [-0.1, -0.05) is 0 Å². The summed E-state index contributed by atoms with van der Waals surface area (Å²) in [5, 5.41) is 4.17. The summed E-state index contributed by atoms with van der Waals surface area (Å²) < 4.78 is 1.95. The van der Waals surface area contributed by atoms with Crippen molar-refractivity contribution in [3.8, 4) is 0 Å². The first-order chi connectivity index (χ1) is 7.33. The van der Waals surface area contributed by atoms with Crippen molar-refractivity contribution in [2.24, 2.45) is 11.7 Å². The van der Waals surface area contributed by atoms with E-state index < -0.39 is 0 Å². The minimum Gasteiger partial charge on any atom is -0.330 e. The van der Waals surface area contributed by atoms with Crippen LogP contribution in [0.15, 0.2) is 6.33 Å². The maximum absolute atomic E-state index is 5.67. The third-order valence-corrected chi connectivity index (χ3v) is 3.06. The zero-order valence-corrected chi connectivity index (χ0v) is 9.26. The predicted molar refractivity (Wildman–Crippen MR) is 58.1 cm³/mol. The van der Waals surface area contributed by atoms with Crippen LogP contribution in [0.3, 0.4) is 0 Å². The van der Waals surface area contributed by atoms with Crippen molar-refractivity contribution in [3.63, 3.8) is 0 Å². The maximum Gasteiger partial charge on any atom is 0.140 e. The molecule has 0 amide bonds. The van der Waals surface area contributed by atoms with E-state index in [1.807, 2.05) is 4.68 Å². The molecule has 1 aromatic rings. The normalized spacial score (nSPS) is 22.4. The minimum atomic E-state index is 0.669. The van der Waals surface area contributed by atoms with Gasteiger partial charge in [-0.15, -0.1) is 0 Å². The summed E-state index contributed by atoms with van der Waals surface area (Å²) >= 11 is 0. The number of hydrogen-bond acceptors (Lipinski definition) is 4. The molecule has 1 atom stereocenters. The Balaban J connectivity index is 1.92. The zero-order chi connectivity index (χ0) is 10.7. The molecule has 0 saturated carbocycles. The smallest absolute Gasteiger partial charge is 0.140 e. The molecule has 1 aliphatic heterocycles. The molecule has 15 heavy (non-hydrogen) atoms. The Morgan fingerprint density at radius 3 is 3.13 bits per heavy atom. The number of aryl methyl sites for hydroxylation is 1. The molecule has 0 spiro atoms. The fraction of sp³-hybridized carbons (Fsp3) is 0.800. The molecule has 0 bridgehead atoms. The maximum atomic E-state index is 5.67. The van der Waals surface area contributed by atoms with Crippen LogP contribution in [0, 0.1) is 5.92 Å². The lowest BCUT2D eigenvalue weighted by molar-refractivity contribution is 0.302. The Bertz CT molecular complexity index is 309. The largest absolute Gasteiger partial charge is 0.330 e. The van der Waals surface area contributed by atoms with Crippen LogP contribution in [0.5, 0.6) is 0 Å². The van der Waals surface area contributed by atoms with Gasteiger partial charge in [0, 0.05) is 13.1 Å². The Kier molecular flexibility index (Phi) is 3.33. The Morgan fingerprint density at radius 1 is 1.60 bits per heavy atom. The van der Waals surface area contributed by atoms with Gasteiger partial charge < -0.3 is 5.73 Å². The molecule has 1 aliphatic rings. The van der Waals surface area contributed by atoms with E-state index in [0.717, 1.165) is 38.5 Å². The molecule has 5 nitrogen and oxygen atoms in total. The molecule has 0 unspecified atom stereocenters. The monoisotopic (exact) mass is 209 g/mol. The highest BCUT2D eigenvalue weighted by Crippen LogP contribution is 2.16. The van der Waals surface area contributed by atoms with Gasteiger partial charge in [-0.2, -0.15) is 5.10 Å². The van der Waals surface area contributed by atoms with Gasteiger partial charge in [0.15, 0.2) is 0 Å². The summed E-state index contributed by atoms with van der Waals surface area (Å²) in [5.74, 6) is 1.73. The van der Waals surface area contributed by atoms with Crippen LogP contribution < -0.4 is 5.73 Å². The highest BCUT2D eigenvalue weighted by molar-refractivity contribution is 4.87. The second-order valence-corrected chi connectivity index (χ2v) is 4.12. The lowest BCUT2D eigenvalue weighted by Gasteiger charge is -2.15. The van der Waals surface area contributed by atoms with Gasteiger partial charge in [0.05, 0.1) is 6.54 Å². The van der Waals surface area contributed by atoms with Crippen molar-refractivity contribution in [1.82, 2.24) is 19.7 Å². The van der Waals surface area contributed by atoms with Crippen LogP contribution in [-0.2, 0) is 13.1 Å². The molecule has 0 aromatic carbocycles. The number of nitrogens with zero attached hydrogens (tertiary/aromatic N) is 4. The van der Waals surface area contributed by atoms with Crippen LogP contribution in [0.4, 0.5) is 0 Å². The van der Waals surface area contributed by atoms with Gasteiger partial charge in [0.1, 0.15) is 12.2 Å². The third kappa shape index (κ3) is 2.35. The van der Waals surface area contributed by atoms with Crippen LogP contribution in [0.25, 0.3) is 0 Å². The van der Waals surface area contributed by atoms with Crippen molar-refractivity contribution in [1.29, 1.82) is 0 Å². The Hall–Kier alpha value is -0.940. The van der Waals surface area contributed by atoms with Gasteiger partial charge in [0.25, 0.3) is 0 Å². The van der Waals surface area contributed by atoms with Crippen LogP contribution in [0.2, 0.25) is 0 Å². The molecule has 84 valence electrons. The highest BCUT2D eigenvalue weighted by Gasteiger charge is 2.22. The first kappa shape index (κ1) is 10.6. The van der Waals surface area contributed by atoms with E-state index in [2.05, 4.69) is 21.9 Å². The number of rotatable bonds is 4. The van der Waals surface area contributed by atoms with Gasteiger partial charge in [-0.05, 0) is 32.4 Å². The first-order valence-corrected chi connectivity index (χ1v) is 5.62. The average Bonchev–Trinajstić information content (AvgIpc) is 2.87. The lowest BCUT2D eigenvalue weighted by atomic mass is 10.1. The van der Waals surface area contributed by atoms with E-state index >= 15 is 0 Å². The van der Waals surface area contributed by atoms with Crippen molar-refractivity contribution < 1.29 is 0 Å². The molecule has 0 radical (unpaired) electrons. The molecule has 1 fully saturated rings. The molecular weight excluding hydrogens is 190 g/mol. The molecule has 5 heteroatoms. The topological polar surface area (TPSA) is 60.0 Å². The molecule has 0 aliphatic carbocycles. The fourth-order valence-corrected chi connectivity index (χ4v) is 2.12. The number of aromatic nitrogens is 3. The zero-order valence-electron chi connectivity index (χ0n) is 9.26. The molecule has 2 heterocycles. The van der Waals surface area contributed by atoms with Gasteiger partial charge >= 0.3 is 0 Å². The quantitative estimate of drug-likeness (QED) is 0.763. The summed E-state index contributed by atoms with van der Waals surface area (Å²) in [4.78, 5) is 6.69. The van der Waals surface area contributed by atoms with Gasteiger partial charge in [-0.25, -0.2) is 9.67 Å². The lowest BCUT2D eigenvalue weighted by Crippen LogP contribution is -2.24. The van der Waals surface area contributed by atoms with E-state index in [-0.39, 0.29) is 0 Å². The van der Waals surface area contributed by atoms with Crippen molar-refractivity contribution in [3.05, 3.63) is 12.2 Å². The van der Waals surface area contributed by atoms with Crippen molar-refractivity contribution in [2.75, 3.05) is 19.6 Å². The van der Waals surface area contributed by atoms with Gasteiger partial charge in [0.2, 0.25) is 0 Å². The summed E-state index contributed by atoms with van der Waals surface area (Å²) in [7, 11) is 0. The number of hydrogen-bond donors (Lipinski definition) is 1.